The molecule has 0 aromatic heterocycles. The number of allylic oxidation sites excluding steroid dienone is 4. The lowest BCUT2D eigenvalue weighted by molar-refractivity contribution is 1.10. The minimum Gasteiger partial charge on any atom is -0.151 e. The SMILES string of the molecule is C1=CC(c2cccc(N=Nc3ccccc3)c2)C=C1. The van der Waals surface area contributed by atoms with Gasteiger partial charge in [0.25, 0.3) is 0 Å². The Balaban J connectivity index is 1.82. The van der Waals surface area contributed by atoms with E-state index in [1.54, 1.807) is 0 Å². The van der Waals surface area contributed by atoms with Crippen molar-refractivity contribution in [3.05, 3.63) is 84.5 Å². The summed E-state index contributed by atoms with van der Waals surface area (Å²) in [7, 11) is 0. The predicted octanol–water partition coefficient (Wildman–Crippen LogP) is 5.31. The van der Waals surface area contributed by atoms with Gasteiger partial charge in [-0.25, -0.2) is 0 Å². The molecule has 0 N–H and O–H groups in total. The van der Waals surface area contributed by atoms with E-state index in [2.05, 4.69) is 46.7 Å². The van der Waals surface area contributed by atoms with Crippen LogP contribution >= 0.6 is 0 Å². The topological polar surface area (TPSA) is 24.7 Å². The maximum atomic E-state index is 4.29. The van der Waals surface area contributed by atoms with Gasteiger partial charge < -0.3 is 0 Å². The summed E-state index contributed by atoms with van der Waals surface area (Å²) >= 11 is 0. The molecular weight excluding hydrogens is 232 g/mol. The summed E-state index contributed by atoms with van der Waals surface area (Å²) in [4.78, 5) is 0. The van der Waals surface area contributed by atoms with E-state index in [0.717, 1.165) is 11.4 Å². The van der Waals surface area contributed by atoms with Gasteiger partial charge in [0.1, 0.15) is 0 Å². The summed E-state index contributed by atoms with van der Waals surface area (Å²) in [6.45, 7) is 0. The molecule has 2 heteroatoms. The van der Waals surface area contributed by atoms with Crippen molar-refractivity contribution in [3.8, 4) is 0 Å². The molecule has 2 aromatic rings. The molecule has 0 amide bonds. The highest BCUT2D eigenvalue weighted by Crippen LogP contribution is 2.27. The number of nitrogens with zero attached hydrogens (tertiary/aromatic N) is 2. The van der Waals surface area contributed by atoms with Crippen molar-refractivity contribution in [1.29, 1.82) is 0 Å². The molecule has 0 saturated carbocycles. The van der Waals surface area contributed by atoms with Gasteiger partial charge in [-0.05, 0) is 29.8 Å². The highest BCUT2D eigenvalue weighted by Gasteiger charge is 2.06. The monoisotopic (exact) mass is 246 g/mol. The molecule has 0 heterocycles. The van der Waals surface area contributed by atoms with E-state index >= 15 is 0 Å². The molecule has 92 valence electrons. The van der Waals surface area contributed by atoms with Crippen LogP contribution in [0.3, 0.4) is 0 Å². The lowest BCUT2D eigenvalue weighted by Crippen LogP contribution is -1.87. The van der Waals surface area contributed by atoms with Gasteiger partial charge in [0.05, 0.1) is 11.4 Å². The van der Waals surface area contributed by atoms with Crippen LogP contribution in [0.1, 0.15) is 11.5 Å². The molecule has 0 saturated heterocycles. The van der Waals surface area contributed by atoms with Crippen LogP contribution in [0.5, 0.6) is 0 Å². The number of rotatable bonds is 3. The van der Waals surface area contributed by atoms with E-state index in [1.807, 2.05) is 42.5 Å². The first-order chi connectivity index (χ1) is 9.42. The Bertz CT molecular complexity index is 627. The van der Waals surface area contributed by atoms with Gasteiger partial charge in [-0.1, -0.05) is 54.6 Å². The average Bonchev–Trinajstić information content (AvgIpc) is 3.01. The molecule has 0 atom stereocenters. The number of hydrogen-bond donors (Lipinski definition) is 0. The van der Waals surface area contributed by atoms with Gasteiger partial charge in [-0.2, -0.15) is 10.2 Å². The Morgan fingerprint density at radius 2 is 1.37 bits per heavy atom. The van der Waals surface area contributed by atoms with Crippen LogP contribution in [0.4, 0.5) is 11.4 Å². The Morgan fingerprint density at radius 3 is 2.16 bits per heavy atom. The molecule has 0 radical (unpaired) electrons. The zero-order chi connectivity index (χ0) is 12.9. The third-order valence-electron chi connectivity index (χ3n) is 3.04. The molecule has 0 bridgehead atoms. The van der Waals surface area contributed by atoms with Crippen molar-refractivity contribution in [2.45, 2.75) is 5.92 Å². The third kappa shape index (κ3) is 2.86. The molecule has 0 fully saturated rings. The lowest BCUT2D eigenvalue weighted by atomic mass is 10.0. The van der Waals surface area contributed by atoms with Gasteiger partial charge in [-0.15, -0.1) is 0 Å². The molecule has 0 unspecified atom stereocenters. The van der Waals surface area contributed by atoms with Gasteiger partial charge in [0, 0.05) is 5.92 Å². The highest BCUT2D eigenvalue weighted by molar-refractivity contribution is 5.45. The van der Waals surface area contributed by atoms with Gasteiger partial charge >= 0.3 is 0 Å². The van der Waals surface area contributed by atoms with E-state index in [9.17, 15) is 0 Å². The van der Waals surface area contributed by atoms with Crippen molar-refractivity contribution in [2.24, 2.45) is 10.2 Å². The van der Waals surface area contributed by atoms with Crippen molar-refractivity contribution in [1.82, 2.24) is 0 Å². The van der Waals surface area contributed by atoms with Crippen molar-refractivity contribution < 1.29 is 0 Å². The quantitative estimate of drug-likeness (QED) is 0.655. The first-order valence-electron chi connectivity index (χ1n) is 6.33. The number of azo groups is 1. The van der Waals surface area contributed by atoms with Crippen LogP contribution < -0.4 is 0 Å². The third-order valence-corrected chi connectivity index (χ3v) is 3.04. The van der Waals surface area contributed by atoms with Crippen LogP contribution in [-0.2, 0) is 0 Å². The van der Waals surface area contributed by atoms with E-state index in [1.165, 1.54) is 5.56 Å². The largest absolute Gasteiger partial charge is 0.151 e. The van der Waals surface area contributed by atoms with Crippen LogP contribution in [0, 0.1) is 0 Å². The Kier molecular flexibility index (Phi) is 3.32. The average molecular weight is 246 g/mol. The van der Waals surface area contributed by atoms with Crippen molar-refractivity contribution in [2.75, 3.05) is 0 Å². The summed E-state index contributed by atoms with van der Waals surface area (Å²) in [5.41, 5.74) is 3.00. The maximum Gasteiger partial charge on any atom is 0.0860 e. The van der Waals surface area contributed by atoms with Gasteiger partial charge in [0.15, 0.2) is 0 Å². The second-order valence-electron chi connectivity index (χ2n) is 4.43. The molecule has 3 rings (SSSR count). The molecule has 2 nitrogen and oxygen atoms in total. The fraction of sp³-hybridized carbons (Fsp3) is 0.0588. The zero-order valence-electron chi connectivity index (χ0n) is 10.5. The molecule has 1 aliphatic rings. The zero-order valence-corrected chi connectivity index (χ0v) is 10.5. The highest BCUT2D eigenvalue weighted by atomic mass is 15.1. The smallest absolute Gasteiger partial charge is 0.0860 e. The molecular formula is C17H14N2. The normalized spacial score (nSPS) is 14.5. The predicted molar refractivity (Wildman–Crippen MR) is 78.1 cm³/mol. The Morgan fingerprint density at radius 1 is 0.684 bits per heavy atom. The first kappa shape index (κ1) is 11.6. The van der Waals surface area contributed by atoms with Crippen LogP contribution in [-0.4, -0.2) is 0 Å². The number of benzene rings is 2. The Hall–Kier alpha value is -2.48. The molecule has 1 aliphatic carbocycles. The molecule has 0 aliphatic heterocycles. The van der Waals surface area contributed by atoms with E-state index in [4.69, 9.17) is 0 Å². The first-order valence-corrected chi connectivity index (χ1v) is 6.33. The van der Waals surface area contributed by atoms with E-state index in [0.29, 0.717) is 5.92 Å². The van der Waals surface area contributed by atoms with Gasteiger partial charge in [0.2, 0.25) is 0 Å². The summed E-state index contributed by atoms with van der Waals surface area (Å²) in [5.74, 6) is 0.367. The second kappa shape index (κ2) is 5.44. The minimum absolute atomic E-state index is 0.367. The van der Waals surface area contributed by atoms with Crippen LogP contribution in [0.2, 0.25) is 0 Å². The van der Waals surface area contributed by atoms with Crippen LogP contribution in [0.25, 0.3) is 0 Å². The van der Waals surface area contributed by atoms with E-state index in [-0.39, 0.29) is 0 Å². The fourth-order valence-electron chi connectivity index (χ4n) is 2.06. The molecule has 2 aromatic carbocycles. The second-order valence-corrected chi connectivity index (χ2v) is 4.43. The summed E-state index contributed by atoms with van der Waals surface area (Å²) in [5, 5.41) is 8.52. The molecule has 0 spiro atoms. The van der Waals surface area contributed by atoms with Crippen molar-refractivity contribution in [3.63, 3.8) is 0 Å². The summed E-state index contributed by atoms with van der Waals surface area (Å²) in [6, 6.07) is 18.0. The number of hydrogen-bond acceptors (Lipinski definition) is 2. The van der Waals surface area contributed by atoms with E-state index < -0.39 is 0 Å². The standard InChI is InChI=1S/C17H14N2/c1-2-10-16(11-3-1)18-19-17-12-6-9-15(13-17)14-7-4-5-8-14/h1-14H. The Labute approximate surface area is 112 Å². The minimum atomic E-state index is 0.367. The van der Waals surface area contributed by atoms with Crippen LogP contribution in [0.15, 0.2) is 89.1 Å². The molecule has 19 heavy (non-hydrogen) atoms. The summed E-state index contributed by atoms with van der Waals surface area (Å²) in [6.07, 6.45) is 8.49. The van der Waals surface area contributed by atoms with Gasteiger partial charge in [-0.3, -0.25) is 0 Å². The van der Waals surface area contributed by atoms with Crippen molar-refractivity contribution >= 4 is 11.4 Å². The fourth-order valence-corrected chi connectivity index (χ4v) is 2.06. The lowest BCUT2D eigenvalue weighted by Gasteiger charge is -2.05. The summed E-state index contributed by atoms with van der Waals surface area (Å²) < 4.78 is 0. The maximum absolute atomic E-state index is 4.29.